The third-order valence-corrected chi connectivity index (χ3v) is 5.68. The van der Waals surface area contributed by atoms with E-state index in [-0.39, 0.29) is 12.1 Å². The van der Waals surface area contributed by atoms with E-state index in [0.717, 1.165) is 12.8 Å². The van der Waals surface area contributed by atoms with Gasteiger partial charge in [-0.1, -0.05) is 18.5 Å². The van der Waals surface area contributed by atoms with E-state index >= 15 is 0 Å². The topological polar surface area (TPSA) is 113 Å². The van der Waals surface area contributed by atoms with Crippen LogP contribution in [0.3, 0.4) is 0 Å². The van der Waals surface area contributed by atoms with Crippen LogP contribution in [0.15, 0.2) is 36.4 Å². The Balaban J connectivity index is 0.000000366. The molecule has 1 aromatic rings. The number of nitrogens with zero attached hydrogens (tertiary/aromatic N) is 1. The second-order valence-electron chi connectivity index (χ2n) is 7.56. The van der Waals surface area contributed by atoms with E-state index in [1.165, 1.54) is 12.8 Å². The number of piperidine rings is 1. The van der Waals surface area contributed by atoms with Crippen molar-refractivity contribution in [3.05, 3.63) is 41.4 Å². The van der Waals surface area contributed by atoms with Gasteiger partial charge in [-0.05, 0) is 63.4 Å². The Morgan fingerprint density at radius 2 is 1.61 bits per heavy atom. The summed E-state index contributed by atoms with van der Waals surface area (Å²) in [7, 11) is 2.18. The fraction of sp³-hybridized carbons (Fsp3) is 0.500. The first kappa shape index (κ1) is 24.7. The van der Waals surface area contributed by atoms with Crippen molar-refractivity contribution in [3.63, 3.8) is 0 Å². The van der Waals surface area contributed by atoms with Crippen molar-refractivity contribution < 1.29 is 34.1 Å². The first-order chi connectivity index (χ1) is 14.7. The lowest BCUT2D eigenvalue weighted by molar-refractivity contribution is -0.161. The van der Waals surface area contributed by atoms with E-state index in [9.17, 15) is 14.4 Å². The molecule has 8 nitrogen and oxygen atoms in total. The molecule has 2 aliphatic heterocycles. The Morgan fingerprint density at radius 1 is 1.10 bits per heavy atom. The summed E-state index contributed by atoms with van der Waals surface area (Å²) < 4.78 is 11.5. The van der Waals surface area contributed by atoms with Crippen molar-refractivity contribution in [2.75, 3.05) is 7.05 Å². The molecule has 2 heterocycles. The van der Waals surface area contributed by atoms with E-state index < -0.39 is 18.0 Å². The van der Waals surface area contributed by atoms with Crippen LogP contribution in [-0.4, -0.2) is 64.4 Å². The van der Waals surface area contributed by atoms with Crippen molar-refractivity contribution in [1.82, 2.24) is 4.90 Å². The number of ether oxygens (including phenoxy) is 2. The molecule has 2 fully saturated rings. The molecular weight excluding hydrogens is 426 g/mol. The van der Waals surface area contributed by atoms with Crippen LogP contribution in [0, 0.1) is 0 Å². The number of aliphatic carboxylic acids is 2. The molecule has 9 heteroatoms. The van der Waals surface area contributed by atoms with Crippen molar-refractivity contribution in [2.24, 2.45) is 0 Å². The summed E-state index contributed by atoms with van der Waals surface area (Å²) in [5, 5.41) is 16.3. The second kappa shape index (κ2) is 11.7. The smallest absolute Gasteiger partial charge is 0.347 e. The molecule has 2 bridgehead atoms. The van der Waals surface area contributed by atoms with Crippen LogP contribution < -0.4 is 4.74 Å². The second-order valence-corrected chi connectivity index (χ2v) is 8.00. The number of carbonyl (C=O) groups excluding carboxylic acids is 1. The molecule has 3 atom stereocenters. The molecule has 31 heavy (non-hydrogen) atoms. The first-order valence-corrected chi connectivity index (χ1v) is 10.6. The van der Waals surface area contributed by atoms with Gasteiger partial charge >= 0.3 is 17.9 Å². The SMILES string of the molecule is CCC(Oc1ccc(Cl)cc1)C(=O)OC1CC2CCC(C1)N2C.O=C(O)/C=C/C(=O)O. The number of hydrogen-bond acceptors (Lipinski definition) is 6. The fourth-order valence-corrected chi connectivity index (χ4v) is 3.94. The van der Waals surface area contributed by atoms with Gasteiger partial charge in [-0.2, -0.15) is 0 Å². The lowest BCUT2D eigenvalue weighted by Gasteiger charge is -2.36. The lowest BCUT2D eigenvalue weighted by Crippen LogP contribution is -2.44. The summed E-state index contributed by atoms with van der Waals surface area (Å²) in [6, 6.07) is 8.17. The van der Waals surface area contributed by atoms with Gasteiger partial charge in [0.2, 0.25) is 0 Å². The minimum absolute atomic E-state index is 0.0269. The third kappa shape index (κ3) is 7.88. The van der Waals surface area contributed by atoms with Crippen LogP contribution in [0.2, 0.25) is 5.02 Å². The van der Waals surface area contributed by atoms with Crippen LogP contribution in [0.4, 0.5) is 0 Å². The molecule has 3 unspecified atom stereocenters. The molecule has 2 aliphatic rings. The molecule has 0 aromatic heterocycles. The Morgan fingerprint density at radius 3 is 2.06 bits per heavy atom. The number of carbonyl (C=O) groups is 3. The molecular formula is C22H28ClNO7. The zero-order chi connectivity index (χ0) is 23.0. The molecule has 3 rings (SSSR count). The minimum atomic E-state index is -1.26. The number of carboxylic acid groups (broad SMARTS) is 2. The zero-order valence-corrected chi connectivity index (χ0v) is 18.3. The van der Waals surface area contributed by atoms with Crippen LogP contribution in [0.5, 0.6) is 5.75 Å². The van der Waals surface area contributed by atoms with Gasteiger partial charge in [-0.3, -0.25) is 0 Å². The Hall–Kier alpha value is -2.58. The number of rotatable bonds is 7. The molecule has 0 amide bonds. The van der Waals surface area contributed by atoms with E-state index in [1.54, 1.807) is 24.3 Å². The monoisotopic (exact) mass is 453 g/mol. The molecule has 170 valence electrons. The highest BCUT2D eigenvalue weighted by Crippen LogP contribution is 2.35. The highest BCUT2D eigenvalue weighted by atomic mass is 35.5. The van der Waals surface area contributed by atoms with Gasteiger partial charge in [0.25, 0.3) is 0 Å². The highest BCUT2D eigenvalue weighted by Gasteiger charge is 2.40. The minimum Gasteiger partial charge on any atom is -0.479 e. The molecule has 2 N–H and O–H groups in total. The summed E-state index contributed by atoms with van der Waals surface area (Å²) in [5.41, 5.74) is 0. The molecule has 0 saturated carbocycles. The van der Waals surface area contributed by atoms with Crippen LogP contribution in [-0.2, 0) is 19.1 Å². The van der Waals surface area contributed by atoms with Gasteiger partial charge in [0.1, 0.15) is 11.9 Å². The quantitative estimate of drug-likeness (QED) is 0.477. The summed E-state index contributed by atoms with van der Waals surface area (Å²) >= 11 is 5.87. The van der Waals surface area contributed by atoms with Crippen molar-refractivity contribution in [1.29, 1.82) is 0 Å². The van der Waals surface area contributed by atoms with Crippen molar-refractivity contribution in [3.8, 4) is 5.75 Å². The van der Waals surface area contributed by atoms with E-state index in [4.69, 9.17) is 31.3 Å². The summed E-state index contributed by atoms with van der Waals surface area (Å²) in [4.78, 5) is 34.0. The number of hydrogen-bond donors (Lipinski definition) is 2. The van der Waals surface area contributed by atoms with E-state index in [0.29, 0.717) is 41.4 Å². The summed E-state index contributed by atoms with van der Waals surface area (Å²) in [5.74, 6) is -2.13. The Bertz CT molecular complexity index is 766. The number of benzene rings is 1. The van der Waals surface area contributed by atoms with Gasteiger partial charge in [-0.15, -0.1) is 0 Å². The molecule has 0 aliphatic carbocycles. The summed E-state index contributed by atoms with van der Waals surface area (Å²) in [6.07, 6.45) is 5.48. The van der Waals surface area contributed by atoms with E-state index in [1.807, 2.05) is 6.92 Å². The molecule has 0 spiro atoms. The summed E-state index contributed by atoms with van der Waals surface area (Å²) in [6.45, 7) is 1.93. The number of esters is 1. The van der Waals surface area contributed by atoms with Gasteiger partial charge < -0.3 is 24.6 Å². The molecule has 0 radical (unpaired) electrons. The normalized spacial score (nSPS) is 23.5. The van der Waals surface area contributed by atoms with Crippen LogP contribution in [0.1, 0.15) is 39.0 Å². The van der Waals surface area contributed by atoms with Crippen molar-refractivity contribution in [2.45, 2.75) is 63.3 Å². The predicted molar refractivity (Wildman–Crippen MR) is 114 cm³/mol. The average Bonchev–Trinajstić information content (AvgIpc) is 2.92. The van der Waals surface area contributed by atoms with E-state index in [2.05, 4.69) is 11.9 Å². The van der Waals surface area contributed by atoms with Gasteiger partial charge in [0.05, 0.1) is 0 Å². The maximum Gasteiger partial charge on any atom is 0.347 e. The Kier molecular flexibility index (Phi) is 9.33. The third-order valence-electron chi connectivity index (χ3n) is 5.43. The molecule has 2 saturated heterocycles. The number of fused-ring (bicyclic) bond motifs is 2. The van der Waals surface area contributed by atoms with Gasteiger partial charge in [-0.25, -0.2) is 14.4 Å². The predicted octanol–water partition coefficient (Wildman–Crippen LogP) is 3.38. The maximum absolute atomic E-state index is 12.4. The Labute approximate surface area is 186 Å². The largest absolute Gasteiger partial charge is 0.479 e. The average molecular weight is 454 g/mol. The van der Waals surface area contributed by atoms with Crippen LogP contribution >= 0.6 is 11.6 Å². The highest BCUT2D eigenvalue weighted by molar-refractivity contribution is 6.30. The van der Waals surface area contributed by atoms with Gasteiger partial charge in [0, 0.05) is 29.3 Å². The first-order valence-electron chi connectivity index (χ1n) is 10.2. The zero-order valence-electron chi connectivity index (χ0n) is 17.6. The van der Waals surface area contributed by atoms with Gasteiger partial charge in [0.15, 0.2) is 6.10 Å². The maximum atomic E-state index is 12.4. The van der Waals surface area contributed by atoms with Crippen LogP contribution in [0.25, 0.3) is 0 Å². The number of halogens is 1. The standard InChI is InChI=1S/C18H24ClNO3.C4H4O4/c1-3-17(22-15-8-4-12(19)5-9-15)18(21)23-16-10-13-6-7-14(11-16)20(13)2;5-3(6)1-2-4(7)8/h4-5,8-9,13-14,16-17H,3,6-7,10-11H2,1-2H3;1-2H,(H,5,6)(H,7,8)/b;2-1+. The fourth-order valence-electron chi connectivity index (χ4n) is 3.82. The molecule has 1 aromatic carbocycles. The lowest BCUT2D eigenvalue weighted by atomic mass is 10.0. The number of carboxylic acids is 2. The van der Waals surface area contributed by atoms with Crippen molar-refractivity contribution >= 4 is 29.5 Å².